The summed E-state index contributed by atoms with van der Waals surface area (Å²) in [6, 6.07) is 0. The average molecular weight is 593 g/mol. The molecule has 0 radical (unpaired) electrons. The molecule has 4 aliphatic carbocycles. The van der Waals surface area contributed by atoms with Crippen molar-refractivity contribution in [2.24, 2.45) is 46.3 Å². The van der Waals surface area contributed by atoms with Crippen LogP contribution >= 0.6 is 0 Å². The van der Waals surface area contributed by atoms with Gasteiger partial charge in [0.2, 0.25) is 0 Å². The summed E-state index contributed by atoms with van der Waals surface area (Å²) in [4.78, 5) is 34.6. The molecule has 0 spiro atoms. The number of ether oxygens (including phenoxy) is 3. The second-order valence-electron chi connectivity index (χ2n) is 13.1. The minimum atomic E-state index is -5.66. The zero-order chi connectivity index (χ0) is 29.5. The molecule has 9 nitrogen and oxygen atoms in total. The number of esters is 1. The summed E-state index contributed by atoms with van der Waals surface area (Å²) in [7, 11) is -5.66. The SMILES string of the molecule is C[C@H](CCC(=O)OCC(F)(F)S(=O)(=O)O)[C@H]1CC[C@H]2[C@@H]3C[C@H](OC=O)C4C[C@H](OC=O)CC[C@]4(C)[C@H]3CC[C@]12C. The van der Waals surface area contributed by atoms with Crippen LogP contribution in [0.25, 0.3) is 0 Å². The Hall–Kier alpha value is -1.82. The molecular formula is C28H42F2O9S. The average Bonchev–Trinajstić information content (AvgIpc) is 3.24. The lowest BCUT2D eigenvalue weighted by Crippen LogP contribution is -2.59. The monoisotopic (exact) mass is 592 g/mol. The molecule has 0 aromatic carbocycles. The van der Waals surface area contributed by atoms with Gasteiger partial charge in [-0.1, -0.05) is 20.8 Å². The Morgan fingerprint density at radius 2 is 1.65 bits per heavy atom. The lowest BCUT2D eigenvalue weighted by Gasteiger charge is -2.62. The van der Waals surface area contributed by atoms with E-state index in [9.17, 15) is 31.6 Å². The maximum Gasteiger partial charge on any atom is 0.402 e. The predicted molar refractivity (Wildman–Crippen MR) is 138 cm³/mol. The molecule has 40 heavy (non-hydrogen) atoms. The Labute approximate surface area is 234 Å². The second kappa shape index (κ2) is 11.5. The minimum Gasteiger partial charge on any atom is -0.465 e. The number of rotatable bonds is 11. The highest BCUT2D eigenvalue weighted by atomic mass is 32.2. The van der Waals surface area contributed by atoms with E-state index in [0.717, 1.165) is 44.9 Å². The highest BCUT2D eigenvalue weighted by Crippen LogP contribution is 2.68. The van der Waals surface area contributed by atoms with Gasteiger partial charge in [0, 0.05) is 12.3 Å². The van der Waals surface area contributed by atoms with E-state index in [4.69, 9.17) is 14.0 Å². The first-order valence-electron chi connectivity index (χ1n) is 14.4. The van der Waals surface area contributed by atoms with Crippen LogP contribution in [-0.2, 0) is 38.7 Å². The topological polar surface area (TPSA) is 133 Å². The van der Waals surface area contributed by atoms with E-state index in [0.29, 0.717) is 49.5 Å². The zero-order valence-electron chi connectivity index (χ0n) is 23.4. The predicted octanol–water partition coefficient (Wildman–Crippen LogP) is 4.78. The molecule has 228 valence electrons. The summed E-state index contributed by atoms with van der Waals surface area (Å²) in [6.07, 6.45) is 7.23. The third-order valence-corrected chi connectivity index (χ3v) is 12.3. The largest absolute Gasteiger partial charge is 0.465 e. The maximum atomic E-state index is 13.4. The second-order valence-corrected chi connectivity index (χ2v) is 14.7. The van der Waals surface area contributed by atoms with Crippen LogP contribution in [0.4, 0.5) is 8.78 Å². The van der Waals surface area contributed by atoms with Crippen LogP contribution in [0.3, 0.4) is 0 Å². The first-order chi connectivity index (χ1) is 18.7. The molecule has 4 saturated carbocycles. The fourth-order valence-corrected chi connectivity index (χ4v) is 9.70. The highest BCUT2D eigenvalue weighted by Gasteiger charge is 2.63. The third kappa shape index (κ3) is 5.63. The number of hydrogen-bond acceptors (Lipinski definition) is 8. The summed E-state index contributed by atoms with van der Waals surface area (Å²) in [5, 5.41) is -4.54. The van der Waals surface area contributed by atoms with Gasteiger partial charge in [0.05, 0.1) is 0 Å². The molecule has 0 aliphatic heterocycles. The molecule has 10 atom stereocenters. The van der Waals surface area contributed by atoms with Crippen molar-refractivity contribution in [2.45, 2.75) is 102 Å². The van der Waals surface area contributed by atoms with Gasteiger partial charge in [-0.05, 0) is 98.2 Å². The number of carbonyl (C=O) groups excluding carboxylic acids is 3. The van der Waals surface area contributed by atoms with E-state index >= 15 is 0 Å². The van der Waals surface area contributed by atoms with Crippen molar-refractivity contribution >= 4 is 29.0 Å². The van der Waals surface area contributed by atoms with E-state index in [1.807, 2.05) is 0 Å². The van der Waals surface area contributed by atoms with Crippen LogP contribution in [0.15, 0.2) is 0 Å². The third-order valence-electron chi connectivity index (χ3n) is 11.4. The first-order valence-corrected chi connectivity index (χ1v) is 15.8. The highest BCUT2D eigenvalue weighted by molar-refractivity contribution is 7.86. The van der Waals surface area contributed by atoms with Crippen LogP contribution in [0.2, 0.25) is 0 Å². The summed E-state index contributed by atoms with van der Waals surface area (Å²) < 4.78 is 72.4. The summed E-state index contributed by atoms with van der Waals surface area (Å²) in [6.45, 7) is 6.05. The molecule has 1 N–H and O–H groups in total. The molecule has 4 fully saturated rings. The zero-order valence-corrected chi connectivity index (χ0v) is 24.2. The van der Waals surface area contributed by atoms with E-state index in [-0.39, 0.29) is 41.3 Å². The van der Waals surface area contributed by atoms with Crippen LogP contribution in [0.5, 0.6) is 0 Å². The van der Waals surface area contributed by atoms with Gasteiger partial charge in [-0.2, -0.15) is 17.2 Å². The van der Waals surface area contributed by atoms with Crippen molar-refractivity contribution in [3.63, 3.8) is 0 Å². The number of alkyl halides is 2. The Morgan fingerprint density at radius 3 is 2.30 bits per heavy atom. The molecule has 0 aromatic heterocycles. The van der Waals surface area contributed by atoms with Crippen molar-refractivity contribution in [1.29, 1.82) is 0 Å². The Bertz CT molecular complexity index is 1070. The lowest BCUT2D eigenvalue weighted by atomic mass is 9.43. The van der Waals surface area contributed by atoms with Gasteiger partial charge in [-0.25, -0.2) is 0 Å². The number of hydrogen-bond donors (Lipinski definition) is 1. The molecule has 4 aliphatic rings. The maximum absolute atomic E-state index is 13.4. The molecule has 0 saturated heterocycles. The normalized spacial score (nSPS) is 40.1. The van der Waals surface area contributed by atoms with Crippen molar-refractivity contribution in [1.82, 2.24) is 0 Å². The Morgan fingerprint density at radius 1 is 1.00 bits per heavy atom. The quantitative estimate of drug-likeness (QED) is 0.156. The summed E-state index contributed by atoms with van der Waals surface area (Å²) in [5.41, 5.74) is 0.00742. The number of halogens is 2. The summed E-state index contributed by atoms with van der Waals surface area (Å²) in [5.74, 6) is 0.944. The van der Waals surface area contributed by atoms with Gasteiger partial charge in [0.1, 0.15) is 12.2 Å². The van der Waals surface area contributed by atoms with E-state index in [1.54, 1.807) is 0 Å². The molecule has 0 aromatic rings. The van der Waals surface area contributed by atoms with Crippen molar-refractivity contribution < 1.29 is 50.3 Å². The van der Waals surface area contributed by atoms with Crippen molar-refractivity contribution in [3.8, 4) is 0 Å². The van der Waals surface area contributed by atoms with Crippen LogP contribution in [-0.4, -0.2) is 56.0 Å². The first kappa shape index (κ1) is 31.1. The Balaban J connectivity index is 1.42. The molecule has 0 amide bonds. The van der Waals surface area contributed by atoms with Crippen LogP contribution < -0.4 is 0 Å². The molecule has 0 bridgehead atoms. The molecule has 1 unspecified atom stereocenters. The lowest BCUT2D eigenvalue weighted by molar-refractivity contribution is -0.189. The van der Waals surface area contributed by atoms with E-state index < -0.39 is 27.9 Å². The van der Waals surface area contributed by atoms with Crippen molar-refractivity contribution in [2.75, 3.05) is 6.61 Å². The fourth-order valence-electron chi connectivity index (χ4n) is 9.49. The summed E-state index contributed by atoms with van der Waals surface area (Å²) >= 11 is 0. The smallest absolute Gasteiger partial charge is 0.402 e. The molecule has 12 heteroatoms. The fraction of sp³-hybridized carbons (Fsp3) is 0.893. The standard InChI is InChI=1S/C28H42F2O9S/c1-17(4-7-25(33)37-14-28(29,30)40(34,35)36)20-5-6-21-19-13-24(39-16-32)23-12-18(38-15-31)8-10-27(23,3)22(19)9-11-26(20,21)2/h15-24H,4-14H2,1-3H3,(H,34,35,36)/t17-,18-,19+,20-,21+,22+,23?,24+,26-,27-/m1/s1. The minimum absolute atomic E-state index is 0.0156. The van der Waals surface area contributed by atoms with E-state index in [1.165, 1.54) is 0 Å². The van der Waals surface area contributed by atoms with Gasteiger partial charge in [-0.15, -0.1) is 0 Å². The van der Waals surface area contributed by atoms with E-state index in [2.05, 4.69) is 25.5 Å². The number of carbonyl (C=O) groups is 3. The van der Waals surface area contributed by atoms with Gasteiger partial charge in [0.25, 0.3) is 12.9 Å². The molecule has 0 heterocycles. The Kier molecular flexibility index (Phi) is 8.91. The number of fused-ring (bicyclic) bond motifs is 5. The van der Waals surface area contributed by atoms with Crippen LogP contribution in [0.1, 0.15) is 85.0 Å². The van der Waals surface area contributed by atoms with Gasteiger partial charge in [-0.3, -0.25) is 18.9 Å². The van der Waals surface area contributed by atoms with Gasteiger partial charge >= 0.3 is 21.3 Å². The molecule has 4 rings (SSSR count). The van der Waals surface area contributed by atoms with Crippen molar-refractivity contribution in [3.05, 3.63) is 0 Å². The van der Waals surface area contributed by atoms with Crippen LogP contribution in [0, 0.1) is 46.3 Å². The molecular weight excluding hydrogens is 550 g/mol. The van der Waals surface area contributed by atoms with Gasteiger partial charge in [0.15, 0.2) is 6.61 Å². The van der Waals surface area contributed by atoms with Gasteiger partial charge < -0.3 is 14.2 Å².